The van der Waals surface area contributed by atoms with E-state index in [2.05, 4.69) is 22.0 Å². The molecule has 2 aromatic carbocycles. The third kappa shape index (κ3) is 2.68. The fourth-order valence-corrected chi connectivity index (χ4v) is 2.99. The predicted molar refractivity (Wildman–Crippen MR) is 88.2 cm³/mol. The third-order valence-corrected chi connectivity index (χ3v) is 4.89. The number of nitrogen functional groups attached to an aromatic ring is 1. The predicted octanol–water partition coefficient (Wildman–Crippen LogP) is 3.54. The zero-order chi connectivity index (χ0) is 15.0. The molecule has 3 rings (SSSR count). The van der Waals surface area contributed by atoms with Gasteiger partial charge in [-0.2, -0.15) is 0 Å². The van der Waals surface area contributed by atoms with Gasteiger partial charge in [0.1, 0.15) is 0 Å². The number of nitrogens with two attached hydrogens (primary N) is 1. The molecule has 4 heteroatoms. The van der Waals surface area contributed by atoms with Crippen LogP contribution in [0.4, 0.5) is 5.69 Å². The summed E-state index contributed by atoms with van der Waals surface area (Å²) in [6.07, 6.45) is 0.863. The summed E-state index contributed by atoms with van der Waals surface area (Å²) in [5.41, 5.74) is 11.0. The third-order valence-electron chi connectivity index (χ3n) is 4.00. The zero-order valence-electron chi connectivity index (χ0n) is 11.9. The largest absolute Gasteiger partial charge is 0.398 e. The minimum absolute atomic E-state index is 0.0690. The van der Waals surface area contributed by atoms with Gasteiger partial charge in [-0.05, 0) is 54.3 Å². The van der Waals surface area contributed by atoms with Crippen molar-refractivity contribution in [1.29, 1.82) is 0 Å². The first-order valence-corrected chi connectivity index (χ1v) is 7.77. The summed E-state index contributed by atoms with van der Waals surface area (Å²) in [7, 11) is 0. The Morgan fingerprint density at radius 2 is 2.10 bits per heavy atom. The van der Waals surface area contributed by atoms with Crippen molar-refractivity contribution in [3.8, 4) is 0 Å². The molecule has 0 aromatic heterocycles. The molecule has 1 heterocycles. The number of fused-ring (bicyclic) bond motifs is 1. The number of benzene rings is 2. The number of anilines is 1. The van der Waals surface area contributed by atoms with E-state index in [0.29, 0.717) is 6.54 Å². The highest BCUT2D eigenvalue weighted by Gasteiger charge is 2.23. The molecule has 108 valence electrons. The van der Waals surface area contributed by atoms with Crippen LogP contribution in [0.15, 0.2) is 40.9 Å². The molecule has 0 saturated heterocycles. The second kappa shape index (κ2) is 5.53. The van der Waals surface area contributed by atoms with Gasteiger partial charge in [0.15, 0.2) is 0 Å². The quantitative estimate of drug-likeness (QED) is 0.804. The lowest BCUT2D eigenvalue weighted by molar-refractivity contribution is 0.0735. The summed E-state index contributed by atoms with van der Waals surface area (Å²) >= 11 is 3.46. The topological polar surface area (TPSA) is 46.3 Å². The lowest BCUT2D eigenvalue weighted by Gasteiger charge is -2.30. The molecule has 0 bridgehead atoms. The fraction of sp³-hybridized carbons (Fsp3) is 0.235. The Labute approximate surface area is 132 Å². The van der Waals surface area contributed by atoms with Crippen molar-refractivity contribution >= 4 is 27.5 Å². The van der Waals surface area contributed by atoms with Crippen molar-refractivity contribution in [3.63, 3.8) is 0 Å². The van der Waals surface area contributed by atoms with E-state index in [9.17, 15) is 4.79 Å². The highest BCUT2D eigenvalue weighted by Crippen LogP contribution is 2.26. The maximum atomic E-state index is 12.7. The number of amides is 1. The molecule has 0 aliphatic carbocycles. The molecule has 1 aliphatic heterocycles. The van der Waals surface area contributed by atoms with Crippen molar-refractivity contribution in [2.75, 3.05) is 12.3 Å². The Kier molecular flexibility index (Phi) is 3.72. The second-order valence-electron chi connectivity index (χ2n) is 5.43. The molecule has 0 spiro atoms. The fourth-order valence-electron chi connectivity index (χ4n) is 2.74. The van der Waals surface area contributed by atoms with Gasteiger partial charge in [0.2, 0.25) is 0 Å². The molecule has 0 saturated carbocycles. The summed E-state index contributed by atoms with van der Waals surface area (Å²) in [5, 5.41) is 0. The Balaban J connectivity index is 1.87. The van der Waals surface area contributed by atoms with E-state index in [-0.39, 0.29) is 5.91 Å². The lowest BCUT2D eigenvalue weighted by Crippen LogP contribution is -2.36. The van der Waals surface area contributed by atoms with Crippen LogP contribution in [0.1, 0.15) is 27.0 Å². The van der Waals surface area contributed by atoms with E-state index >= 15 is 0 Å². The van der Waals surface area contributed by atoms with Crippen molar-refractivity contribution in [2.24, 2.45) is 0 Å². The van der Waals surface area contributed by atoms with Crippen molar-refractivity contribution in [3.05, 3.63) is 63.1 Å². The van der Waals surface area contributed by atoms with Crippen molar-refractivity contribution < 1.29 is 4.79 Å². The standard InChI is InChI=1S/C17H17BrN2O/c1-11-9-13(5-6-15(11)18)17(21)20-8-7-12-3-2-4-16(19)14(12)10-20/h2-6,9H,7-8,10,19H2,1H3. The van der Waals surface area contributed by atoms with Crippen LogP contribution >= 0.6 is 15.9 Å². The summed E-state index contributed by atoms with van der Waals surface area (Å²) < 4.78 is 1.02. The molecule has 1 aliphatic rings. The van der Waals surface area contributed by atoms with Crippen molar-refractivity contribution in [2.45, 2.75) is 19.9 Å². The number of carbonyl (C=O) groups is 1. The van der Waals surface area contributed by atoms with Gasteiger partial charge in [0.25, 0.3) is 5.91 Å². The number of rotatable bonds is 1. The normalized spacial score (nSPS) is 13.9. The molecule has 2 aromatic rings. The number of hydrogen-bond donors (Lipinski definition) is 1. The minimum Gasteiger partial charge on any atom is -0.398 e. The number of hydrogen-bond acceptors (Lipinski definition) is 2. The van der Waals surface area contributed by atoms with Crippen LogP contribution in [0, 0.1) is 6.92 Å². The first-order valence-electron chi connectivity index (χ1n) is 6.98. The summed E-state index contributed by atoms with van der Waals surface area (Å²) in [6.45, 7) is 3.32. The van der Waals surface area contributed by atoms with E-state index in [1.54, 1.807) is 0 Å². The highest BCUT2D eigenvalue weighted by atomic mass is 79.9. The molecular weight excluding hydrogens is 328 g/mol. The van der Waals surface area contributed by atoms with E-state index in [4.69, 9.17) is 5.73 Å². The molecule has 0 fully saturated rings. The second-order valence-corrected chi connectivity index (χ2v) is 6.28. The minimum atomic E-state index is 0.0690. The SMILES string of the molecule is Cc1cc(C(=O)N2CCc3cccc(N)c3C2)ccc1Br. The molecule has 3 nitrogen and oxygen atoms in total. The monoisotopic (exact) mass is 344 g/mol. The van der Waals surface area contributed by atoms with Gasteiger partial charge in [-0.3, -0.25) is 4.79 Å². The Morgan fingerprint density at radius 1 is 1.29 bits per heavy atom. The summed E-state index contributed by atoms with van der Waals surface area (Å²) in [4.78, 5) is 14.5. The molecule has 0 atom stereocenters. The van der Waals surface area contributed by atoms with Crippen LogP contribution in [-0.4, -0.2) is 17.4 Å². The van der Waals surface area contributed by atoms with E-state index in [1.165, 1.54) is 5.56 Å². The molecule has 1 amide bonds. The van der Waals surface area contributed by atoms with Crippen LogP contribution < -0.4 is 5.73 Å². The number of nitrogens with zero attached hydrogens (tertiary/aromatic N) is 1. The number of halogens is 1. The zero-order valence-corrected chi connectivity index (χ0v) is 13.5. The van der Waals surface area contributed by atoms with E-state index in [1.807, 2.05) is 42.2 Å². The van der Waals surface area contributed by atoms with Gasteiger partial charge in [0, 0.05) is 28.8 Å². The molecule has 0 radical (unpaired) electrons. The van der Waals surface area contributed by atoms with Crippen LogP contribution in [0.3, 0.4) is 0 Å². The first kappa shape index (κ1) is 14.1. The molecule has 2 N–H and O–H groups in total. The van der Waals surface area contributed by atoms with Crippen molar-refractivity contribution in [1.82, 2.24) is 4.90 Å². The Hall–Kier alpha value is -1.81. The first-order chi connectivity index (χ1) is 10.1. The van der Waals surface area contributed by atoms with E-state index < -0.39 is 0 Å². The maximum absolute atomic E-state index is 12.7. The van der Waals surface area contributed by atoms with Gasteiger partial charge >= 0.3 is 0 Å². The average molecular weight is 345 g/mol. The smallest absolute Gasteiger partial charge is 0.254 e. The summed E-state index contributed by atoms with van der Waals surface area (Å²) in [6, 6.07) is 11.7. The van der Waals surface area contributed by atoms with Gasteiger partial charge in [-0.25, -0.2) is 0 Å². The maximum Gasteiger partial charge on any atom is 0.254 e. The van der Waals surface area contributed by atoms with Gasteiger partial charge < -0.3 is 10.6 Å². The highest BCUT2D eigenvalue weighted by molar-refractivity contribution is 9.10. The average Bonchev–Trinajstić information content (AvgIpc) is 2.49. The van der Waals surface area contributed by atoms with E-state index in [0.717, 1.165) is 39.8 Å². The van der Waals surface area contributed by atoms with Crippen LogP contribution in [0.25, 0.3) is 0 Å². The molecule has 21 heavy (non-hydrogen) atoms. The number of aryl methyl sites for hydroxylation is 1. The van der Waals surface area contributed by atoms with Gasteiger partial charge in [-0.1, -0.05) is 28.1 Å². The number of carbonyl (C=O) groups excluding carboxylic acids is 1. The van der Waals surface area contributed by atoms with Gasteiger partial charge in [-0.15, -0.1) is 0 Å². The van der Waals surface area contributed by atoms with Crippen LogP contribution in [0.5, 0.6) is 0 Å². The Bertz CT molecular complexity index is 712. The Morgan fingerprint density at radius 3 is 2.86 bits per heavy atom. The van der Waals surface area contributed by atoms with Crippen LogP contribution in [0.2, 0.25) is 0 Å². The molecule has 0 unspecified atom stereocenters. The lowest BCUT2D eigenvalue weighted by atomic mass is 9.97. The van der Waals surface area contributed by atoms with Crippen LogP contribution in [-0.2, 0) is 13.0 Å². The van der Waals surface area contributed by atoms with Gasteiger partial charge in [0.05, 0.1) is 0 Å². The molecular formula is C17H17BrN2O. The summed E-state index contributed by atoms with van der Waals surface area (Å²) in [5.74, 6) is 0.0690.